The highest BCUT2D eigenvalue weighted by molar-refractivity contribution is 9.10. The van der Waals surface area contributed by atoms with E-state index in [1.165, 1.54) is 19.3 Å². The minimum absolute atomic E-state index is 0.148. The van der Waals surface area contributed by atoms with Crippen LogP contribution in [-0.2, 0) is 10.2 Å². The second kappa shape index (κ2) is 9.75. The molecule has 0 unspecified atom stereocenters. The second-order valence-electron chi connectivity index (χ2n) is 7.65. The van der Waals surface area contributed by atoms with E-state index >= 15 is 0 Å². The zero-order valence-corrected chi connectivity index (χ0v) is 19.1. The van der Waals surface area contributed by atoms with Crippen molar-refractivity contribution in [3.05, 3.63) is 67.8 Å². The van der Waals surface area contributed by atoms with E-state index in [2.05, 4.69) is 36.7 Å². The summed E-state index contributed by atoms with van der Waals surface area (Å²) < 4.78 is 16.8. The Hall–Kier alpha value is -2.87. The number of halogens is 1. The highest BCUT2D eigenvalue weighted by atomic mass is 79.9. The van der Waals surface area contributed by atoms with Crippen molar-refractivity contribution in [3.8, 4) is 17.2 Å². The Labute approximate surface area is 183 Å². The molecule has 2 aromatic rings. The standard InChI is InChI=1S/C22H24BrNO6/c1-14-6-7-18(16(10-14)22(2,3)4)29-13-20(25)30-21-17(23)11-15(8-9-24(26)27)12-19(21)28-5/h6-12H,13H2,1-5H3/b9-8+. The summed E-state index contributed by atoms with van der Waals surface area (Å²) in [5.41, 5.74) is 2.47. The first-order valence-electron chi connectivity index (χ1n) is 9.15. The largest absolute Gasteiger partial charge is 0.493 e. The van der Waals surface area contributed by atoms with Gasteiger partial charge in [-0.3, -0.25) is 10.1 Å². The summed E-state index contributed by atoms with van der Waals surface area (Å²) in [6, 6.07) is 8.93. The molecule has 0 saturated heterocycles. The van der Waals surface area contributed by atoms with Crippen LogP contribution in [0.5, 0.6) is 17.2 Å². The van der Waals surface area contributed by atoms with Crippen molar-refractivity contribution in [2.75, 3.05) is 13.7 Å². The molecule has 160 valence electrons. The molecule has 0 fully saturated rings. The lowest BCUT2D eigenvalue weighted by Gasteiger charge is -2.23. The van der Waals surface area contributed by atoms with Crippen molar-refractivity contribution in [2.45, 2.75) is 33.1 Å². The quantitative estimate of drug-likeness (QED) is 0.232. The van der Waals surface area contributed by atoms with Crippen LogP contribution in [0.4, 0.5) is 0 Å². The molecule has 0 aliphatic heterocycles. The fraction of sp³-hybridized carbons (Fsp3) is 0.318. The zero-order chi connectivity index (χ0) is 22.5. The van der Waals surface area contributed by atoms with E-state index < -0.39 is 10.9 Å². The van der Waals surface area contributed by atoms with Crippen LogP contribution in [0.15, 0.2) is 41.0 Å². The Balaban J connectivity index is 2.17. The van der Waals surface area contributed by atoms with Crippen molar-refractivity contribution in [1.29, 1.82) is 0 Å². The number of benzene rings is 2. The molecule has 0 N–H and O–H groups in total. The first-order chi connectivity index (χ1) is 14.0. The molecule has 2 rings (SSSR count). The topological polar surface area (TPSA) is 87.9 Å². The van der Waals surface area contributed by atoms with Gasteiger partial charge in [0, 0.05) is 6.08 Å². The molecule has 0 saturated carbocycles. The third-order valence-corrected chi connectivity index (χ3v) is 4.73. The molecular formula is C22H24BrNO6. The Kier molecular flexibility index (Phi) is 7.61. The molecule has 0 atom stereocenters. The van der Waals surface area contributed by atoms with Crippen LogP contribution < -0.4 is 14.2 Å². The Bertz CT molecular complexity index is 978. The summed E-state index contributed by atoms with van der Waals surface area (Å²) in [4.78, 5) is 22.4. The number of aryl methyl sites for hydroxylation is 1. The maximum absolute atomic E-state index is 12.4. The van der Waals surface area contributed by atoms with Gasteiger partial charge in [-0.15, -0.1) is 0 Å². The van der Waals surface area contributed by atoms with Gasteiger partial charge in [-0.1, -0.05) is 38.5 Å². The minimum atomic E-state index is -0.608. The number of esters is 1. The van der Waals surface area contributed by atoms with Gasteiger partial charge in [0.25, 0.3) is 0 Å². The summed E-state index contributed by atoms with van der Waals surface area (Å²) in [6.07, 6.45) is 2.13. The van der Waals surface area contributed by atoms with Gasteiger partial charge >= 0.3 is 5.97 Å². The van der Waals surface area contributed by atoms with Crippen LogP contribution in [0.1, 0.15) is 37.5 Å². The minimum Gasteiger partial charge on any atom is -0.493 e. The number of methoxy groups -OCH3 is 1. The van der Waals surface area contributed by atoms with Gasteiger partial charge in [-0.05, 0) is 57.6 Å². The van der Waals surface area contributed by atoms with Gasteiger partial charge in [0.2, 0.25) is 6.20 Å². The number of nitrogens with zero attached hydrogens (tertiary/aromatic N) is 1. The van der Waals surface area contributed by atoms with Gasteiger partial charge in [0.1, 0.15) is 5.75 Å². The summed E-state index contributed by atoms with van der Waals surface area (Å²) in [5.74, 6) is 0.440. The lowest BCUT2D eigenvalue weighted by atomic mass is 9.85. The monoisotopic (exact) mass is 477 g/mol. The Morgan fingerprint density at radius 2 is 1.90 bits per heavy atom. The number of hydrogen-bond donors (Lipinski definition) is 0. The molecule has 30 heavy (non-hydrogen) atoms. The van der Waals surface area contributed by atoms with E-state index in [1.807, 2.05) is 25.1 Å². The van der Waals surface area contributed by atoms with Crippen molar-refractivity contribution >= 4 is 28.0 Å². The van der Waals surface area contributed by atoms with Crippen molar-refractivity contribution in [1.82, 2.24) is 0 Å². The van der Waals surface area contributed by atoms with Crippen LogP contribution >= 0.6 is 15.9 Å². The van der Waals surface area contributed by atoms with Crippen LogP contribution in [-0.4, -0.2) is 24.6 Å². The average molecular weight is 478 g/mol. The molecule has 8 heteroatoms. The van der Waals surface area contributed by atoms with E-state index in [9.17, 15) is 14.9 Å². The van der Waals surface area contributed by atoms with E-state index in [0.29, 0.717) is 15.8 Å². The van der Waals surface area contributed by atoms with Crippen molar-refractivity contribution in [2.24, 2.45) is 0 Å². The summed E-state index contributed by atoms with van der Waals surface area (Å²) in [5, 5.41) is 10.5. The summed E-state index contributed by atoms with van der Waals surface area (Å²) in [6.45, 7) is 7.93. The molecule has 0 amide bonds. The lowest BCUT2D eigenvalue weighted by molar-refractivity contribution is -0.400. The molecule has 0 aliphatic rings. The molecule has 0 heterocycles. The van der Waals surface area contributed by atoms with Crippen LogP contribution in [0.25, 0.3) is 6.08 Å². The van der Waals surface area contributed by atoms with E-state index in [-0.39, 0.29) is 23.5 Å². The third kappa shape index (κ3) is 6.32. The Morgan fingerprint density at radius 3 is 2.50 bits per heavy atom. The molecule has 0 aromatic heterocycles. The normalized spacial score (nSPS) is 11.4. The SMILES string of the molecule is COc1cc(/C=C/[N+](=O)[O-])cc(Br)c1OC(=O)COc1ccc(C)cc1C(C)(C)C. The summed E-state index contributed by atoms with van der Waals surface area (Å²) >= 11 is 3.31. The third-order valence-electron chi connectivity index (χ3n) is 4.14. The molecule has 0 spiro atoms. The number of rotatable bonds is 7. The maximum Gasteiger partial charge on any atom is 0.349 e. The second-order valence-corrected chi connectivity index (χ2v) is 8.50. The van der Waals surface area contributed by atoms with E-state index in [1.54, 1.807) is 6.07 Å². The smallest absolute Gasteiger partial charge is 0.349 e. The first kappa shape index (κ1) is 23.4. The van der Waals surface area contributed by atoms with Crippen LogP contribution in [0.3, 0.4) is 0 Å². The van der Waals surface area contributed by atoms with Gasteiger partial charge < -0.3 is 14.2 Å². The van der Waals surface area contributed by atoms with Crippen LogP contribution in [0.2, 0.25) is 0 Å². The molecular weight excluding hydrogens is 454 g/mol. The predicted molar refractivity (Wildman–Crippen MR) is 118 cm³/mol. The molecule has 2 aromatic carbocycles. The number of nitro groups is 1. The fourth-order valence-electron chi connectivity index (χ4n) is 2.72. The van der Waals surface area contributed by atoms with Crippen LogP contribution in [0, 0.1) is 17.0 Å². The summed E-state index contributed by atoms with van der Waals surface area (Å²) in [7, 11) is 1.42. The Morgan fingerprint density at radius 1 is 1.20 bits per heavy atom. The highest BCUT2D eigenvalue weighted by Gasteiger charge is 2.21. The molecule has 0 radical (unpaired) electrons. The van der Waals surface area contributed by atoms with E-state index in [4.69, 9.17) is 14.2 Å². The highest BCUT2D eigenvalue weighted by Crippen LogP contribution is 2.37. The number of carbonyl (C=O) groups excluding carboxylic acids is 1. The first-order valence-corrected chi connectivity index (χ1v) is 9.94. The number of hydrogen-bond acceptors (Lipinski definition) is 6. The number of carbonyl (C=O) groups is 1. The van der Waals surface area contributed by atoms with Gasteiger partial charge in [0.15, 0.2) is 18.1 Å². The molecule has 0 bridgehead atoms. The molecule has 7 nitrogen and oxygen atoms in total. The van der Waals surface area contributed by atoms with Gasteiger partial charge in [0.05, 0.1) is 16.5 Å². The maximum atomic E-state index is 12.4. The van der Waals surface area contributed by atoms with Gasteiger partial charge in [-0.25, -0.2) is 4.79 Å². The van der Waals surface area contributed by atoms with E-state index in [0.717, 1.165) is 17.3 Å². The van der Waals surface area contributed by atoms with Gasteiger partial charge in [-0.2, -0.15) is 0 Å². The van der Waals surface area contributed by atoms with Crippen molar-refractivity contribution < 1.29 is 23.9 Å². The number of ether oxygens (including phenoxy) is 3. The van der Waals surface area contributed by atoms with Crippen molar-refractivity contribution in [3.63, 3.8) is 0 Å². The zero-order valence-electron chi connectivity index (χ0n) is 17.5. The lowest BCUT2D eigenvalue weighted by Crippen LogP contribution is -2.20. The fourth-order valence-corrected chi connectivity index (χ4v) is 3.26. The predicted octanol–water partition coefficient (Wildman–Crippen LogP) is 5.30. The average Bonchev–Trinajstić information content (AvgIpc) is 2.66. The molecule has 0 aliphatic carbocycles.